The monoisotopic (exact) mass is 302 g/mol. The summed E-state index contributed by atoms with van der Waals surface area (Å²) in [5, 5.41) is 0. The number of terminal acetylenes is 1. The van der Waals surface area contributed by atoms with E-state index in [9.17, 15) is 0 Å². The highest BCUT2D eigenvalue weighted by Gasteiger charge is 2.52. The van der Waals surface area contributed by atoms with Crippen LogP contribution in [0.4, 0.5) is 0 Å². The molecule has 0 saturated carbocycles. The van der Waals surface area contributed by atoms with E-state index in [0.29, 0.717) is 12.2 Å². The molecule has 1 aromatic carbocycles. The van der Waals surface area contributed by atoms with Crippen molar-refractivity contribution in [2.75, 3.05) is 0 Å². The maximum absolute atomic E-state index is 6.16. The first kappa shape index (κ1) is 16.5. The lowest BCUT2D eigenvalue weighted by Crippen LogP contribution is -2.41. The zero-order valence-electron chi connectivity index (χ0n) is 13.5. The molecular formula is C17H23BO2S. The Morgan fingerprint density at radius 1 is 1.19 bits per heavy atom. The number of hydrogen-bond donors (Lipinski definition) is 1. The van der Waals surface area contributed by atoms with Crippen LogP contribution in [0.15, 0.2) is 12.1 Å². The number of hydrogen-bond acceptors (Lipinski definition) is 3. The van der Waals surface area contributed by atoms with Gasteiger partial charge in [-0.15, -0.1) is 12.3 Å². The third-order valence-electron chi connectivity index (χ3n) is 4.60. The van der Waals surface area contributed by atoms with Gasteiger partial charge in [-0.2, -0.15) is 12.6 Å². The molecule has 1 aliphatic heterocycles. The third-order valence-corrected chi connectivity index (χ3v) is 4.94. The van der Waals surface area contributed by atoms with E-state index in [1.807, 2.05) is 0 Å². The van der Waals surface area contributed by atoms with Gasteiger partial charge in [0.2, 0.25) is 0 Å². The maximum Gasteiger partial charge on any atom is 0.495 e. The van der Waals surface area contributed by atoms with Gasteiger partial charge in [0.25, 0.3) is 0 Å². The van der Waals surface area contributed by atoms with Gasteiger partial charge >= 0.3 is 7.12 Å². The van der Waals surface area contributed by atoms with Crippen molar-refractivity contribution in [3.63, 3.8) is 0 Å². The van der Waals surface area contributed by atoms with Crippen LogP contribution in [0.5, 0.6) is 0 Å². The second kappa shape index (κ2) is 5.72. The molecule has 1 aromatic rings. The van der Waals surface area contributed by atoms with E-state index in [1.54, 1.807) is 0 Å². The summed E-state index contributed by atoms with van der Waals surface area (Å²) in [4.78, 5) is 0. The van der Waals surface area contributed by atoms with Crippen molar-refractivity contribution in [3.8, 4) is 12.3 Å². The molecule has 0 radical (unpaired) electrons. The van der Waals surface area contributed by atoms with Crippen LogP contribution in [0.3, 0.4) is 0 Å². The molecule has 0 aliphatic carbocycles. The number of benzene rings is 1. The molecular weight excluding hydrogens is 279 g/mol. The highest BCUT2D eigenvalue weighted by molar-refractivity contribution is 7.79. The van der Waals surface area contributed by atoms with Gasteiger partial charge in [-0.1, -0.05) is 12.1 Å². The largest absolute Gasteiger partial charge is 0.495 e. The molecule has 0 atom stereocenters. The van der Waals surface area contributed by atoms with Gasteiger partial charge in [-0.25, -0.2) is 0 Å². The zero-order chi connectivity index (χ0) is 15.8. The van der Waals surface area contributed by atoms with E-state index in [0.717, 1.165) is 11.0 Å². The summed E-state index contributed by atoms with van der Waals surface area (Å²) in [6.45, 7) is 10.3. The minimum absolute atomic E-state index is 0.340. The van der Waals surface area contributed by atoms with Crippen molar-refractivity contribution in [2.24, 2.45) is 0 Å². The molecule has 0 N–H and O–H groups in total. The van der Waals surface area contributed by atoms with Crippen LogP contribution in [0.1, 0.15) is 44.4 Å². The molecule has 2 rings (SSSR count). The van der Waals surface area contributed by atoms with E-state index in [4.69, 9.17) is 15.7 Å². The van der Waals surface area contributed by atoms with Crippen molar-refractivity contribution < 1.29 is 9.31 Å². The van der Waals surface area contributed by atoms with E-state index in [-0.39, 0.29) is 18.3 Å². The standard InChI is InChI=1S/C17H23BO2S/c1-7-8-13-9-14(11-21)12(2)15(10-13)18-19-16(3,4)17(5,6)20-18/h1,9-10,21H,8,11H2,2-6H3. The Labute approximate surface area is 134 Å². The van der Waals surface area contributed by atoms with Crippen molar-refractivity contribution in [3.05, 3.63) is 28.8 Å². The van der Waals surface area contributed by atoms with Crippen molar-refractivity contribution in [2.45, 2.75) is 58.0 Å². The second-order valence-electron chi connectivity index (χ2n) is 6.60. The molecule has 0 amide bonds. The number of rotatable bonds is 3. The van der Waals surface area contributed by atoms with Gasteiger partial charge in [0.05, 0.1) is 11.2 Å². The average molecular weight is 302 g/mol. The van der Waals surface area contributed by atoms with E-state index in [2.05, 4.69) is 65.3 Å². The Kier molecular flexibility index (Phi) is 4.49. The van der Waals surface area contributed by atoms with Gasteiger partial charge in [0, 0.05) is 12.2 Å². The van der Waals surface area contributed by atoms with Crippen LogP contribution in [0, 0.1) is 19.3 Å². The summed E-state index contributed by atoms with van der Waals surface area (Å²) in [6, 6.07) is 4.22. The fraction of sp³-hybridized carbons (Fsp3) is 0.529. The molecule has 21 heavy (non-hydrogen) atoms. The van der Waals surface area contributed by atoms with Crippen LogP contribution >= 0.6 is 12.6 Å². The highest BCUT2D eigenvalue weighted by Crippen LogP contribution is 2.37. The van der Waals surface area contributed by atoms with Crippen molar-refractivity contribution in [1.82, 2.24) is 0 Å². The molecule has 0 bridgehead atoms. The molecule has 4 heteroatoms. The van der Waals surface area contributed by atoms with Gasteiger partial charge in [-0.3, -0.25) is 0 Å². The quantitative estimate of drug-likeness (QED) is 0.526. The predicted molar refractivity (Wildman–Crippen MR) is 92.1 cm³/mol. The summed E-state index contributed by atoms with van der Waals surface area (Å²) >= 11 is 4.42. The van der Waals surface area contributed by atoms with Gasteiger partial charge in [0.15, 0.2) is 0 Å². The van der Waals surface area contributed by atoms with E-state index < -0.39 is 0 Å². The smallest absolute Gasteiger partial charge is 0.399 e. The van der Waals surface area contributed by atoms with Crippen LogP contribution in [0.2, 0.25) is 0 Å². The predicted octanol–water partition coefficient (Wildman–Crippen LogP) is 2.90. The Morgan fingerprint density at radius 2 is 1.76 bits per heavy atom. The third kappa shape index (κ3) is 3.01. The SMILES string of the molecule is C#CCc1cc(CS)c(C)c(B2OC(C)(C)C(C)(C)O2)c1. The summed E-state index contributed by atoms with van der Waals surface area (Å²) in [7, 11) is -0.355. The molecule has 112 valence electrons. The Bertz CT molecular complexity index is 571. The molecule has 1 heterocycles. The summed E-state index contributed by atoms with van der Waals surface area (Å²) in [5.74, 6) is 3.38. The lowest BCUT2D eigenvalue weighted by molar-refractivity contribution is 0.00578. The van der Waals surface area contributed by atoms with Crippen LogP contribution < -0.4 is 5.46 Å². The van der Waals surface area contributed by atoms with Gasteiger partial charge < -0.3 is 9.31 Å². The molecule has 1 aliphatic rings. The lowest BCUT2D eigenvalue weighted by atomic mass is 9.74. The molecule has 0 aromatic heterocycles. The average Bonchev–Trinajstić information content (AvgIpc) is 2.60. The number of thiol groups is 1. The maximum atomic E-state index is 6.16. The summed E-state index contributed by atoms with van der Waals surface area (Å²) < 4.78 is 12.3. The topological polar surface area (TPSA) is 18.5 Å². The highest BCUT2D eigenvalue weighted by atomic mass is 32.1. The first-order valence-corrected chi connectivity index (χ1v) is 7.87. The van der Waals surface area contributed by atoms with Crippen LogP contribution in [0.25, 0.3) is 0 Å². The molecule has 1 saturated heterocycles. The van der Waals surface area contributed by atoms with Crippen LogP contribution in [-0.4, -0.2) is 18.3 Å². The van der Waals surface area contributed by atoms with Gasteiger partial charge in [-0.05, 0) is 56.8 Å². The van der Waals surface area contributed by atoms with E-state index in [1.165, 1.54) is 11.1 Å². The first-order valence-electron chi connectivity index (χ1n) is 7.24. The fourth-order valence-electron chi connectivity index (χ4n) is 2.47. The van der Waals surface area contributed by atoms with Gasteiger partial charge in [0.1, 0.15) is 0 Å². The molecule has 0 unspecified atom stereocenters. The summed E-state index contributed by atoms with van der Waals surface area (Å²) in [5.41, 5.74) is 3.84. The Hall–Kier alpha value is -0.885. The van der Waals surface area contributed by atoms with Crippen molar-refractivity contribution in [1.29, 1.82) is 0 Å². The molecule has 1 fully saturated rings. The Balaban J connectivity index is 2.45. The van der Waals surface area contributed by atoms with Crippen molar-refractivity contribution >= 4 is 25.2 Å². The summed E-state index contributed by atoms with van der Waals surface area (Å²) in [6.07, 6.45) is 6.05. The minimum Gasteiger partial charge on any atom is -0.399 e. The lowest BCUT2D eigenvalue weighted by Gasteiger charge is -2.32. The molecule has 2 nitrogen and oxygen atoms in total. The first-order chi connectivity index (χ1) is 9.71. The minimum atomic E-state index is -0.355. The van der Waals surface area contributed by atoms with E-state index >= 15 is 0 Å². The van der Waals surface area contributed by atoms with Crippen LogP contribution in [-0.2, 0) is 21.5 Å². The normalized spacial score (nSPS) is 19.6. The second-order valence-corrected chi connectivity index (χ2v) is 6.91. The molecule has 0 spiro atoms. The fourth-order valence-corrected chi connectivity index (χ4v) is 2.79. The zero-order valence-corrected chi connectivity index (χ0v) is 14.4. The Morgan fingerprint density at radius 3 is 2.24 bits per heavy atom.